The molecule has 0 saturated heterocycles. The van der Waals surface area contributed by atoms with Crippen molar-refractivity contribution in [2.24, 2.45) is 0 Å². The molecule has 2 rings (SSSR count). The van der Waals surface area contributed by atoms with Crippen LogP contribution in [0.25, 0.3) is 11.0 Å². The first-order valence-electron chi connectivity index (χ1n) is 8.91. The van der Waals surface area contributed by atoms with Gasteiger partial charge < -0.3 is 0 Å². The van der Waals surface area contributed by atoms with Gasteiger partial charge in [0.05, 0.1) is 6.54 Å². The Morgan fingerprint density at radius 1 is 0.739 bits per heavy atom. The zero-order valence-corrected chi connectivity index (χ0v) is 17.2. The fourth-order valence-electron chi connectivity index (χ4n) is 2.81. The van der Waals surface area contributed by atoms with E-state index in [4.69, 9.17) is 0 Å². The van der Waals surface area contributed by atoms with Gasteiger partial charge in [0.25, 0.3) is 0 Å². The van der Waals surface area contributed by atoms with Gasteiger partial charge in [-0.05, 0) is 50.4 Å². The van der Waals surface area contributed by atoms with Crippen LogP contribution in [-0.2, 0) is 6.54 Å². The van der Waals surface area contributed by atoms with Gasteiger partial charge in [0.15, 0.2) is 0 Å². The molecule has 3 nitrogen and oxygen atoms in total. The quantitative estimate of drug-likeness (QED) is 0.353. The smallest absolute Gasteiger partial charge is 0.128 e. The van der Waals surface area contributed by atoms with Crippen LogP contribution in [0.3, 0.4) is 0 Å². The Balaban J connectivity index is 1.62. The van der Waals surface area contributed by atoms with Crippen LogP contribution in [0.2, 0.25) is 0 Å². The highest BCUT2D eigenvalue weighted by atomic mass is 79.9. The van der Waals surface area contributed by atoms with Crippen LogP contribution in [0.1, 0.15) is 71.1 Å². The summed E-state index contributed by atoms with van der Waals surface area (Å²) < 4.78 is 2.01. The molecule has 0 aliphatic carbocycles. The lowest BCUT2D eigenvalue weighted by molar-refractivity contribution is 0.483. The van der Waals surface area contributed by atoms with Gasteiger partial charge in [-0.25, -0.2) is 0 Å². The highest BCUT2D eigenvalue weighted by Crippen LogP contribution is 2.27. The Morgan fingerprint density at radius 2 is 1.17 bits per heavy atom. The maximum absolute atomic E-state index is 4.58. The number of rotatable bonds is 11. The number of halogens is 2. The molecule has 0 bridgehead atoms. The largest absolute Gasteiger partial charge is 0.184 e. The molecule has 0 spiro atoms. The molecule has 1 aromatic heterocycles. The lowest BCUT2D eigenvalue weighted by atomic mass is 10.1. The van der Waals surface area contributed by atoms with Crippen LogP contribution in [0.15, 0.2) is 21.1 Å². The predicted molar refractivity (Wildman–Crippen MR) is 105 cm³/mol. The average molecular weight is 445 g/mol. The Morgan fingerprint density at radius 3 is 1.65 bits per heavy atom. The van der Waals surface area contributed by atoms with Gasteiger partial charge >= 0.3 is 0 Å². The number of aromatic nitrogens is 3. The minimum atomic E-state index is 0.907. The van der Waals surface area contributed by atoms with E-state index < -0.39 is 0 Å². The summed E-state index contributed by atoms with van der Waals surface area (Å²) in [6.45, 7) is 3.18. The van der Waals surface area contributed by atoms with E-state index in [1.165, 1.54) is 57.8 Å². The van der Waals surface area contributed by atoms with Gasteiger partial charge in [0.1, 0.15) is 11.0 Å². The van der Waals surface area contributed by atoms with Gasteiger partial charge in [-0.2, -0.15) is 15.0 Å². The van der Waals surface area contributed by atoms with E-state index in [1.54, 1.807) is 0 Å². The number of fused-ring (bicyclic) bond motifs is 1. The fraction of sp³-hybridized carbons (Fsp3) is 0.667. The molecule has 0 fully saturated rings. The molecule has 5 heteroatoms. The molecular weight excluding hydrogens is 418 g/mol. The summed E-state index contributed by atoms with van der Waals surface area (Å²) in [4.78, 5) is 1.84. The van der Waals surface area contributed by atoms with E-state index in [9.17, 15) is 0 Å². The van der Waals surface area contributed by atoms with Crippen molar-refractivity contribution >= 4 is 42.9 Å². The van der Waals surface area contributed by atoms with Gasteiger partial charge in [-0.3, -0.25) is 0 Å². The lowest BCUT2D eigenvalue weighted by Gasteiger charge is -2.02. The van der Waals surface area contributed by atoms with E-state index in [2.05, 4.69) is 49.0 Å². The number of aryl methyl sites for hydroxylation is 1. The Hall–Kier alpha value is -0.420. The molecule has 23 heavy (non-hydrogen) atoms. The van der Waals surface area contributed by atoms with Gasteiger partial charge in [0.2, 0.25) is 0 Å². The van der Waals surface area contributed by atoms with Crippen molar-refractivity contribution < 1.29 is 0 Å². The van der Waals surface area contributed by atoms with Gasteiger partial charge in [-0.1, -0.05) is 64.7 Å². The summed E-state index contributed by atoms with van der Waals surface area (Å²) in [7, 11) is 0. The van der Waals surface area contributed by atoms with Crippen molar-refractivity contribution in [2.45, 2.75) is 77.7 Å². The zero-order chi connectivity index (χ0) is 16.5. The number of hydrogen-bond donors (Lipinski definition) is 0. The molecule has 0 N–H and O–H groups in total. The number of hydrogen-bond acceptors (Lipinski definition) is 2. The second-order valence-electron chi connectivity index (χ2n) is 6.20. The summed E-state index contributed by atoms with van der Waals surface area (Å²) in [5, 5.41) is 9.16. The maximum atomic E-state index is 4.58. The average Bonchev–Trinajstić information content (AvgIpc) is 2.98. The first-order valence-corrected chi connectivity index (χ1v) is 10.5. The monoisotopic (exact) mass is 443 g/mol. The molecule has 1 aromatic carbocycles. The summed E-state index contributed by atoms with van der Waals surface area (Å²) in [5.74, 6) is 0. The van der Waals surface area contributed by atoms with Crippen LogP contribution in [0, 0.1) is 0 Å². The van der Waals surface area contributed by atoms with Crippen LogP contribution in [-0.4, -0.2) is 15.0 Å². The van der Waals surface area contributed by atoms with E-state index in [0.29, 0.717) is 0 Å². The van der Waals surface area contributed by atoms with E-state index in [-0.39, 0.29) is 0 Å². The van der Waals surface area contributed by atoms with Crippen molar-refractivity contribution in [3.8, 4) is 0 Å². The van der Waals surface area contributed by atoms with Crippen LogP contribution >= 0.6 is 31.9 Å². The molecule has 2 aromatic rings. The molecule has 0 amide bonds. The SMILES string of the molecule is CCCCCCCCCCCCn1nc2c(Br)ccc(Br)c2n1. The van der Waals surface area contributed by atoms with Crippen molar-refractivity contribution in [1.29, 1.82) is 0 Å². The second kappa shape index (κ2) is 10.4. The summed E-state index contributed by atoms with van der Waals surface area (Å²) in [6.07, 6.45) is 13.5. The van der Waals surface area contributed by atoms with Crippen molar-refractivity contribution in [3.63, 3.8) is 0 Å². The molecule has 0 radical (unpaired) electrons. The van der Waals surface area contributed by atoms with Crippen LogP contribution in [0.5, 0.6) is 0 Å². The first-order chi connectivity index (χ1) is 11.2. The molecule has 0 atom stereocenters. The van der Waals surface area contributed by atoms with E-state index >= 15 is 0 Å². The highest BCUT2D eigenvalue weighted by molar-refractivity contribution is 9.11. The minimum absolute atomic E-state index is 0.907. The second-order valence-corrected chi connectivity index (χ2v) is 7.91. The molecule has 0 unspecified atom stereocenters. The third kappa shape index (κ3) is 6.18. The minimum Gasteiger partial charge on any atom is -0.184 e. The molecular formula is C18H27Br2N3. The summed E-state index contributed by atoms with van der Waals surface area (Å²) in [6, 6.07) is 4.01. The lowest BCUT2D eigenvalue weighted by Crippen LogP contribution is -2.02. The molecule has 0 saturated carbocycles. The molecule has 128 valence electrons. The van der Waals surface area contributed by atoms with Gasteiger partial charge in [-0.15, -0.1) is 0 Å². The first kappa shape index (κ1) is 18.9. The molecule has 0 aliphatic rings. The highest BCUT2D eigenvalue weighted by Gasteiger charge is 2.09. The fourth-order valence-corrected chi connectivity index (χ4v) is 3.61. The normalized spacial score (nSPS) is 11.4. The van der Waals surface area contributed by atoms with Crippen LogP contribution in [0.4, 0.5) is 0 Å². The molecule has 0 aliphatic heterocycles. The van der Waals surface area contributed by atoms with Crippen LogP contribution < -0.4 is 0 Å². The predicted octanol–water partition coefficient (Wildman–Crippen LogP) is 6.88. The van der Waals surface area contributed by atoms with Crippen molar-refractivity contribution in [2.75, 3.05) is 0 Å². The summed E-state index contributed by atoms with van der Waals surface area (Å²) in [5.41, 5.74) is 1.87. The standard InChI is InChI=1S/C18H27Br2N3/c1-2-3-4-5-6-7-8-9-10-11-14-23-21-17-15(19)12-13-16(20)18(17)22-23/h12-13H,2-11,14H2,1H3. The summed E-state index contributed by atoms with van der Waals surface area (Å²) >= 11 is 7.08. The Bertz CT molecular complexity index is 556. The number of unbranched alkanes of at least 4 members (excludes halogenated alkanes) is 9. The number of nitrogens with zero attached hydrogens (tertiary/aromatic N) is 3. The van der Waals surface area contributed by atoms with Gasteiger partial charge in [0, 0.05) is 8.95 Å². The Kier molecular flexibility index (Phi) is 8.59. The third-order valence-corrected chi connectivity index (χ3v) is 5.48. The third-order valence-electron chi connectivity index (χ3n) is 4.20. The van der Waals surface area contributed by atoms with Crippen molar-refractivity contribution in [1.82, 2.24) is 15.0 Å². The zero-order valence-electron chi connectivity index (χ0n) is 14.0. The topological polar surface area (TPSA) is 30.7 Å². The van der Waals surface area contributed by atoms with E-state index in [1.807, 2.05) is 16.9 Å². The maximum Gasteiger partial charge on any atom is 0.128 e. The Labute approximate surface area is 156 Å². The molecule has 1 heterocycles. The van der Waals surface area contributed by atoms with E-state index in [0.717, 1.165) is 32.9 Å². The number of benzene rings is 1. The van der Waals surface area contributed by atoms with Crippen molar-refractivity contribution in [3.05, 3.63) is 21.1 Å².